The highest BCUT2D eigenvalue weighted by Crippen LogP contribution is 2.14. The van der Waals surface area contributed by atoms with Crippen LogP contribution < -0.4 is 10.0 Å². The molecule has 0 saturated carbocycles. The summed E-state index contributed by atoms with van der Waals surface area (Å²) in [5, 5.41) is 2.62. The second kappa shape index (κ2) is 6.88. The number of nitrogens with one attached hydrogen (secondary N) is 2. The molecular weight excluding hydrogens is 288 g/mol. The van der Waals surface area contributed by atoms with Crippen LogP contribution in [0.1, 0.15) is 20.3 Å². The van der Waals surface area contributed by atoms with Gasteiger partial charge in [0.1, 0.15) is 0 Å². The van der Waals surface area contributed by atoms with Crippen molar-refractivity contribution in [2.45, 2.75) is 31.2 Å². The Bertz CT molecular complexity index is 526. The Morgan fingerprint density at radius 1 is 1.26 bits per heavy atom. The summed E-state index contributed by atoms with van der Waals surface area (Å²) in [6.45, 7) is 3.50. The van der Waals surface area contributed by atoms with Gasteiger partial charge in [-0.15, -0.1) is 11.6 Å². The fourth-order valence-electron chi connectivity index (χ4n) is 1.41. The molecule has 0 radical (unpaired) electrons. The molecule has 7 heteroatoms. The van der Waals surface area contributed by atoms with Crippen LogP contribution in [0.15, 0.2) is 29.2 Å². The first-order valence-electron chi connectivity index (χ1n) is 5.83. The molecule has 0 bridgehead atoms. The maximum Gasteiger partial charge on any atom is 0.240 e. The quantitative estimate of drug-likeness (QED) is 0.789. The standard InChI is InChI=1S/C12H17ClN2O3S/c1-9(2)15-19(17,18)11-5-3-10(4-6-11)14-12(16)7-8-13/h3-6,9,15H,7-8H2,1-2H3,(H,14,16). The predicted octanol–water partition coefficient (Wildman–Crippen LogP) is 1.94. The molecule has 5 nitrogen and oxygen atoms in total. The highest BCUT2D eigenvalue weighted by molar-refractivity contribution is 7.89. The lowest BCUT2D eigenvalue weighted by Gasteiger charge is -2.10. The van der Waals surface area contributed by atoms with Crippen LogP contribution in [0.25, 0.3) is 0 Å². The monoisotopic (exact) mass is 304 g/mol. The van der Waals surface area contributed by atoms with E-state index >= 15 is 0 Å². The first-order valence-corrected chi connectivity index (χ1v) is 7.85. The number of carbonyl (C=O) groups excluding carboxylic acids is 1. The molecule has 0 spiro atoms. The third kappa shape index (κ3) is 5.18. The lowest BCUT2D eigenvalue weighted by Crippen LogP contribution is -2.30. The van der Waals surface area contributed by atoms with Gasteiger partial charge in [0, 0.05) is 24.0 Å². The molecule has 0 atom stereocenters. The van der Waals surface area contributed by atoms with Gasteiger partial charge in [-0.1, -0.05) is 0 Å². The zero-order chi connectivity index (χ0) is 14.5. The van der Waals surface area contributed by atoms with Crippen molar-refractivity contribution in [2.75, 3.05) is 11.2 Å². The van der Waals surface area contributed by atoms with Crippen LogP contribution in [0.4, 0.5) is 5.69 Å². The highest BCUT2D eigenvalue weighted by atomic mass is 35.5. The fraction of sp³-hybridized carbons (Fsp3) is 0.417. The molecule has 0 aliphatic heterocycles. The van der Waals surface area contributed by atoms with Crippen molar-refractivity contribution >= 4 is 33.2 Å². The number of hydrogen-bond donors (Lipinski definition) is 2. The number of benzene rings is 1. The normalized spacial score (nSPS) is 11.6. The molecule has 0 heterocycles. The Balaban J connectivity index is 2.79. The van der Waals surface area contributed by atoms with Crippen LogP contribution in [-0.4, -0.2) is 26.2 Å². The van der Waals surface area contributed by atoms with Crippen molar-refractivity contribution in [3.8, 4) is 0 Å². The molecule has 0 saturated heterocycles. The Labute approximate surface area is 118 Å². The summed E-state index contributed by atoms with van der Waals surface area (Å²) in [5.41, 5.74) is 0.540. The van der Waals surface area contributed by atoms with Crippen LogP contribution in [0, 0.1) is 0 Å². The molecule has 0 unspecified atom stereocenters. The van der Waals surface area contributed by atoms with Gasteiger partial charge in [0.25, 0.3) is 0 Å². The number of amides is 1. The number of rotatable bonds is 6. The van der Waals surface area contributed by atoms with Gasteiger partial charge in [-0.05, 0) is 38.1 Å². The molecule has 1 aromatic carbocycles. The van der Waals surface area contributed by atoms with Gasteiger partial charge in [-0.25, -0.2) is 13.1 Å². The van der Waals surface area contributed by atoms with Crippen molar-refractivity contribution in [3.63, 3.8) is 0 Å². The van der Waals surface area contributed by atoms with Crippen molar-refractivity contribution in [1.29, 1.82) is 0 Å². The number of halogens is 1. The number of hydrogen-bond acceptors (Lipinski definition) is 3. The van der Waals surface area contributed by atoms with Crippen molar-refractivity contribution in [2.24, 2.45) is 0 Å². The van der Waals surface area contributed by atoms with E-state index in [4.69, 9.17) is 11.6 Å². The van der Waals surface area contributed by atoms with Crippen LogP contribution in [0.3, 0.4) is 0 Å². The summed E-state index contributed by atoms with van der Waals surface area (Å²) >= 11 is 5.45. The largest absolute Gasteiger partial charge is 0.326 e. The molecular formula is C12H17ClN2O3S. The van der Waals surface area contributed by atoms with Crippen molar-refractivity contribution in [1.82, 2.24) is 4.72 Å². The zero-order valence-electron chi connectivity index (χ0n) is 10.8. The zero-order valence-corrected chi connectivity index (χ0v) is 12.4. The van der Waals surface area contributed by atoms with E-state index in [-0.39, 0.29) is 29.1 Å². The van der Waals surface area contributed by atoms with Crippen LogP contribution in [-0.2, 0) is 14.8 Å². The average molecular weight is 305 g/mol. The molecule has 0 aromatic heterocycles. The fourth-order valence-corrected chi connectivity index (χ4v) is 2.83. The van der Waals surface area contributed by atoms with E-state index in [9.17, 15) is 13.2 Å². The summed E-state index contributed by atoms with van der Waals surface area (Å²) in [6, 6.07) is 5.80. The van der Waals surface area contributed by atoms with E-state index < -0.39 is 10.0 Å². The number of alkyl halides is 1. The second-order valence-electron chi connectivity index (χ2n) is 4.29. The van der Waals surface area contributed by atoms with Gasteiger partial charge in [0.05, 0.1) is 4.90 Å². The van der Waals surface area contributed by atoms with Gasteiger partial charge < -0.3 is 5.32 Å². The Morgan fingerprint density at radius 3 is 2.32 bits per heavy atom. The summed E-state index contributed by atoms with van der Waals surface area (Å²) < 4.78 is 26.2. The van der Waals surface area contributed by atoms with E-state index in [1.165, 1.54) is 12.1 Å². The molecule has 0 aliphatic rings. The summed E-state index contributed by atoms with van der Waals surface area (Å²) in [6.07, 6.45) is 0.219. The molecule has 2 N–H and O–H groups in total. The molecule has 106 valence electrons. The van der Waals surface area contributed by atoms with Gasteiger partial charge >= 0.3 is 0 Å². The summed E-state index contributed by atoms with van der Waals surface area (Å²) in [4.78, 5) is 11.5. The van der Waals surface area contributed by atoms with Crippen LogP contribution >= 0.6 is 11.6 Å². The minimum atomic E-state index is -3.50. The molecule has 1 amide bonds. The maximum absolute atomic E-state index is 11.9. The van der Waals surface area contributed by atoms with Crippen molar-refractivity contribution in [3.05, 3.63) is 24.3 Å². The lowest BCUT2D eigenvalue weighted by molar-refractivity contribution is -0.115. The molecule has 0 fully saturated rings. The maximum atomic E-state index is 11.9. The SMILES string of the molecule is CC(C)NS(=O)(=O)c1ccc(NC(=O)CCCl)cc1. The minimum absolute atomic E-state index is 0.163. The Morgan fingerprint density at radius 2 is 1.84 bits per heavy atom. The van der Waals surface area contributed by atoms with E-state index in [1.54, 1.807) is 26.0 Å². The molecule has 19 heavy (non-hydrogen) atoms. The first-order chi connectivity index (χ1) is 8.85. The highest BCUT2D eigenvalue weighted by Gasteiger charge is 2.14. The van der Waals surface area contributed by atoms with Gasteiger partial charge in [0.2, 0.25) is 15.9 Å². The molecule has 0 aliphatic carbocycles. The second-order valence-corrected chi connectivity index (χ2v) is 6.38. The van der Waals surface area contributed by atoms with Crippen LogP contribution in [0.5, 0.6) is 0 Å². The van der Waals surface area contributed by atoms with E-state index in [1.807, 2.05) is 0 Å². The number of carbonyl (C=O) groups is 1. The molecule has 1 rings (SSSR count). The average Bonchev–Trinajstić information content (AvgIpc) is 2.28. The number of anilines is 1. The minimum Gasteiger partial charge on any atom is -0.326 e. The van der Waals surface area contributed by atoms with Gasteiger partial charge in [-0.2, -0.15) is 0 Å². The third-order valence-corrected chi connectivity index (χ3v) is 4.02. The summed E-state index contributed by atoms with van der Waals surface area (Å²) in [5.74, 6) is 0.0438. The topological polar surface area (TPSA) is 75.3 Å². The van der Waals surface area contributed by atoms with Crippen LogP contribution in [0.2, 0.25) is 0 Å². The molecule has 1 aromatic rings. The van der Waals surface area contributed by atoms with E-state index in [0.717, 1.165) is 0 Å². The third-order valence-electron chi connectivity index (χ3n) is 2.16. The number of sulfonamides is 1. The first kappa shape index (κ1) is 15.9. The Kier molecular flexibility index (Phi) is 5.78. The van der Waals surface area contributed by atoms with Gasteiger partial charge in [0.15, 0.2) is 0 Å². The Hall–Kier alpha value is -1.11. The summed E-state index contributed by atoms with van der Waals surface area (Å²) in [7, 11) is -3.50. The smallest absolute Gasteiger partial charge is 0.240 e. The van der Waals surface area contributed by atoms with Gasteiger partial charge in [-0.3, -0.25) is 4.79 Å². The predicted molar refractivity (Wildman–Crippen MR) is 75.9 cm³/mol. The van der Waals surface area contributed by atoms with Crippen molar-refractivity contribution < 1.29 is 13.2 Å². The van der Waals surface area contributed by atoms with E-state index in [0.29, 0.717) is 5.69 Å². The van der Waals surface area contributed by atoms with E-state index in [2.05, 4.69) is 10.0 Å². The lowest BCUT2D eigenvalue weighted by atomic mass is 10.3.